The van der Waals surface area contributed by atoms with Crippen LogP contribution in [0.2, 0.25) is 0 Å². The molecule has 0 amide bonds. The van der Waals surface area contributed by atoms with Crippen molar-refractivity contribution in [3.05, 3.63) is 0 Å². The van der Waals surface area contributed by atoms with Crippen molar-refractivity contribution in [2.45, 2.75) is 45.8 Å². The van der Waals surface area contributed by atoms with Crippen LogP contribution < -0.4 is 5.32 Å². The molecule has 2 rings (SSSR count). The van der Waals surface area contributed by atoms with Crippen molar-refractivity contribution < 1.29 is 0 Å². The molecule has 0 aliphatic carbocycles. The molecule has 2 fully saturated rings. The van der Waals surface area contributed by atoms with Crippen LogP contribution in [-0.4, -0.2) is 78.3 Å². The highest BCUT2D eigenvalue weighted by atomic mass is 15.4. The fraction of sp³-hybridized carbons (Fsp3) is 1.00. The van der Waals surface area contributed by atoms with Gasteiger partial charge in [0.25, 0.3) is 0 Å². The average molecular weight is 268 g/mol. The molecule has 19 heavy (non-hydrogen) atoms. The Kier molecular flexibility index (Phi) is 4.56. The average Bonchev–Trinajstić information content (AvgIpc) is 2.39. The molecule has 112 valence electrons. The first-order chi connectivity index (χ1) is 8.82. The van der Waals surface area contributed by atoms with Gasteiger partial charge in [-0.2, -0.15) is 0 Å². The second kappa shape index (κ2) is 5.68. The first kappa shape index (κ1) is 15.2. The normalized spacial score (nSPS) is 25.7. The Labute approximate surface area is 119 Å². The molecule has 0 radical (unpaired) electrons. The van der Waals surface area contributed by atoms with Gasteiger partial charge in [-0.05, 0) is 34.6 Å². The fourth-order valence-electron chi connectivity index (χ4n) is 3.34. The molecule has 2 saturated heterocycles. The smallest absolute Gasteiger partial charge is 0.0681 e. The summed E-state index contributed by atoms with van der Waals surface area (Å²) in [5.41, 5.74) is 0.511. The summed E-state index contributed by atoms with van der Waals surface area (Å²) in [7, 11) is 0. The highest BCUT2D eigenvalue weighted by molar-refractivity contribution is 4.90. The molecular formula is C15H32N4. The van der Waals surface area contributed by atoms with Gasteiger partial charge in [0.15, 0.2) is 0 Å². The van der Waals surface area contributed by atoms with Crippen LogP contribution in [0.25, 0.3) is 0 Å². The van der Waals surface area contributed by atoms with E-state index in [0.717, 1.165) is 13.1 Å². The van der Waals surface area contributed by atoms with Crippen LogP contribution in [0, 0.1) is 0 Å². The number of nitrogens with zero attached hydrogens (tertiary/aromatic N) is 3. The molecule has 0 aromatic carbocycles. The standard InChI is InChI=1S/C15H32N4/c1-14(2,3)17-10-12-19(13-11-17)15(4,5)18-8-6-16-7-9-18/h16H,6-13H2,1-5H3. The highest BCUT2D eigenvalue weighted by Gasteiger charge is 2.37. The quantitative estimate of drug-likeness (QED) is 0.808. The lowest BCUT2D eigenvalue weighted by Crippen LogP contribution is -2.66. The third-order valence-electron chi connectivity index (χ3n) is 4.89. The molecule has 0 aromatic rings. The number of hydrogen-bond donors (Lipinski definition) is 1. The maximum absolute atomic E-state index is 3.45. The van der Waals surface area contributed by atoms with Crippen molar-refractivity contribution in [1.29, 1.82) is 0 Å². The molecule has 2 aliphatic heterocycles. The number of rotatable bonds is 2. The number of piperazine rings is 2. The van der Waals surface area contributed by atoms with E-state index in [-0.39, 0.29) is 5.66 Å². The highest BCUT2D eigenvalue weighted by Crippen LogP contribution is 2.24. The molecule has 0 unspecified atom stereocenters. The summed E-state index contributed by atoms with van der Waals surface area (Å²) in [6.45, 7) is 21.1. The lowest BCUT2D eigenvalue weighted by atomic mass is 10.0. The van der Waals surface area contributed by atoms with Crippen LogP contribution in [0.4, 0.5) is 0 Å². The van der Waals surface area contributed by atoms with E-state index in [1.165, 1.54) is 39.3 Å². The van der Waals surface area contributed by atoms with Gasteiger partial charge < -0.3 is 5.32 Å². The summed E-state index contributed by atoms with van der Waals surface area (Å²) in [5, 5.41) is 3.45. The minimum Gasteiger partial charge on any atom is -0.314 e. The second-order valence-corrected chi connectivity index (χ2v) is 7.38. The molecular weight excluding hydrogens is 236 g/mol. The van der Waals surface area contributed by atoms with Crippen molar-refractivity contribution in [2.24, 2.45) is 0 Å². The van der Waals surface area contributed by atoms with Gasteiger partial charge >= 0.3 is 0 Å². The third kappa shape index (κ3) is 3.48. The minimum absolute atomic E-state index is 0.200. The van der Waals surface area contributed by atoms with E-state index in [1.54, 1.807) is 0 Å². The second-order valence-electron chi connectivity index (χ2n) is 7.38. The van der Waals surface area contributed by atoms with Crippen LogP contribution in [0.1, 0.15) is 34.6 Å². The van der Waals surface area contributed by atoms with E-state index in [4.69, 9.17) is 0 Å². The fourth-order valence-corrected chi connectivity index (χ4v) is 3.34. The lowest BCUT2D eigenvalue weighted by molar-refractivity contribution is -0.0708. The van der Waals surface area contributed by atoms with Gasteiger partial charge in [0.1, 0.15) is 0 Å². The Bertz CT molecular complexity index is 281. The zero-order valence-corrected chi connectivity index (χ0v) is 13.5. The summed E-state index contributed by atoms with van der Waals surface area (Å²) in [6.07, 6.45) is 0. The summed E-state index contributed by atoms with van der Waals surface area (Å²) in [4.78, 5) is 7.91. The van der Waals surface area contributed by atoms with Crippen molar-refractivity contribution >= 4 is 0 Å². The van der Waals surface area contributed by atoms with Crippen LogP contribution in [-0.2, 0) is 0 Å². The Morgan fingerprint density at radius 1 is 0.632 bits per heavy atom. The van der Waals surface area contributed by atoms with Gasteiger partial charge in [-0.15, -0.1) is 0 Å². The first-order valence-electron chi connectivity index (χ1n) is 7.78. The SMILES string of the molecule is CC(C)(C)N1CCN(C(C)(C)N2CCNCC2)CC1. The molecule has 0 aromatic heterocycles. The topological polar surface area (TPSA) is 21.8 Å². The molecule has 2 heterocycles. The zero-order valence-electron chi connectivity index (χ0n) is 13.5. The van der Waals surface area contributed by atoms with Gasteiger partial charge in [-0.3, -0.25) is 14.7 Å². The monoisotopic (exact) mass is 268 g/mol. The Morgan fingerprint density at radius 3 is 1.53 bits per heavy atom. The van der Waals surface area contributed by atoms with Crippen molar-refractivity contribution in [3.8, 4) is 0 Å². The Balaban J connectivity index is 1.92. The molecule has 0 bridgehead atoms. The first-order valence-corrected chi connectivity index (χ1v) is 7.78. The molecule has 0 saturated carbocycles. The maximum Gasteiger partial charge on any atom is 0.0681 e. The summed E-state index contributed by atoms with van der Waals surface area (Å²) < 4.78 is 0. The van der Waals surface area contributed by atoms with Crippen LogP contribution in [0.15, 0.2) is 0 Å². The van der Waals surface area contributed by atoms with E-state index in [1.807, 2.05) is 0 Å². The zero-order chi connectivity index (χ0) is 14.1. The van der Waals surface area contributed by atoms with Crippen LogP contribution >= 0.6 is 0 Å². The molecule has 2 aliphatic rings. The van der Waals surface area contributed by atoms with Gasteiger partial charge in [0, 0.05) is 57.9 Å². The van der Waals surface area contributed by atoms with Crippen LogP contribution in [0.3, 0.4) is 0 Å². The molecule has 0 spiro atoms. The van der Waals surface area contributed by atoms with E-state index >= 15 is 0 Å². The number of nitrogens with one attached hydrogen (secondary N) is 1. The van der Waals surface area contributed by atoms with Gasteiger partial charge in [-0.1, -0.05) is 0 Å². The third-order valence-corrected chi connectivity index (χ3v) is 4.89. The predicted octanol–water partition coefficient (Wildman–Crippen LogP) is 1.04. The Morgan fingerprint density at radius 2 is 1.05 bits per heavy atom. The van der Waals surface area contributed by atoms with E-state index in [9.17, 15) is 0 Å². The van der Waals surface area contributed by atoms with Crippen molar-refractivity contribution in [1.82, 2.24) is 20.0 Å². The largest absolute Gasteiger partial charge is 0.314 e. The maximum atomic E-state index is 3.45. The lowest BCUT2D eigenvalue weighted by Gasteiger charge is -2.52. The van der Waals surface area contributed by atoms with Crippen molar-refractivity contribution in [3.63, 3.8) is 0 Å². The summed E-state index contributed by atoms with van der Waals surface area (Å²) in [6, 6.07) is 0. The van der Waals surface area contributed by atoms with E-state index in [2.05, 4.69) is 54.6 Å². The predicted molar refractivity (Wildman–Crippen MR) is 81.4 cm³/mol. The Hall–Kier alpha value is -0.160. The van der Waals surface area contributed by atoms with Crippen molar-refractivity contribution in [2.75, 3.05) is 52.4 Å². The molecule has 1 N–H and O–H groups in total. The van der Waals surface area contributed by atoms with Gasteiger partial charge in [0.2, 0.25) is 0 Å². The minimum atomic E-state index is 0.200. The van der Waals surface area contributed by atoms with Crippen LogP contribution in [0.5, 0.6) is 0 Å². The molecule has 0 atom stereocenters. The van der Waals surface area contributed by atoms with Gasteiger partial charge in [0.05, 0.1) is 5.66 Å². The van der Waals surface area contributed by atoms with E-state index in [0.29, 0.717) is 5.54 Å². The number of hydrogen-bond acceptors (Lipinski definition) is 4. The summed E-state index contributed by atoms with van der Waals surface area (Å²) in [5.74, 6) is 0. The van der Waals surface area contributed by atoms with E-state index < -0.39 is 0 Å². The molecule has 4 nitrogen and oxygen atoms in total. The molecule has 4 heteroatoms. The van der Waals surface area contributed by atoms with Gasteiger partial charge in [-0.25, -0.2) is 0 Å². The summed E-state index contributed by atoms with van der Waals surface area (Å²) >= 11 is 0.